The van der Waals surface area contributed by atoms with Crippen molar-refractivity contribution in [3.63, 3.8) is 0 Å². The molecule has 170 valence electrons. The normalized spacial score (nSPS) is 15.4. The van der Waals surface area contributed by atoms with Crippen molar-refractivity contribution in [2.45, 2.75) is 28.1 Å². The number of alkyl halides is 3. The molecular formula is C23H18F3N3O2S2. The van der Waals surface area contributed by atoms with E-state index in [0.717, 1.165) is 21.9 Å². The van der Waals surface area contributed by atoms with Gasteiger partial charge in [-0.3, -0.25) is 9.59 Å². The van der Waals surface area contributed by atoms with E-state index in [-0.39, 0.29) is 17.1 Å². The molecule has 10 heteroatoms. The van der Waals surface area contributed by atoms with Gasteiger partial charge >= 0.3 is 6.18 Å². The number of rotatable bonds is 5. The van der Waals surface area contributed by atoms with Crippen molar-refractivity contribution in [3.05, 3.63) is 77.9 Å². The molecule has 0 bridgehead atoms. The molecule has 0 radical (unpaired) electrons. The Balaban J connectivity index is 1.39. The molecule has 0 aromatic heterocycles. The van der Waals surface area contributed by atoms with Crippen LogP contribution in [0.3, 0.4) is 0 Å². The van der Waals surface area contributed by atoms with Crippen LogP contribution in [0.1, 0.15) is 22.8 Å². The predicted octanol–water partition coefficient (Wildman–Crippen LogP) is 6.51. The Bertz CT molecular complexity index is 1200. The van der Waals surface area contributed by atoms with Crippen LogP contribution in [-0.2, 0) is 11.0 Å². The van der Waals surface area contributed by atoms with E-state index in [2.05, 4.69) is 15.4 Å². The largest absolute Gasteiger partial charge is 0.416 e. The molecule has 2 amide bonds. The Kier molecular flexibility index (Phi) is 6.57. The van der Waals surface area contributed by atoms with Crippen molar-refractivity contribution in [1.29, 1.82) is 0 Å². The van der Waals surface area contributed by atoms with E-state index in [0.29, 0.717) is 22.6 Å². The van der Waals surface area contributed by atoms with Gasteiger partial charge in [0.2, 0.25) is 5.91 Å². The van der Waals surface area contributed by atoms with Gasteiger partial charge in [-0.15, -0.1) is 11.8 Å². The minimum atomic E-state index is -4.38. The van der Waals surface area contributed by atoms with E-state index >= 15 is 0 Å². The van der Waals surface area contributed by atoms with Crippen LogP contribution in [-0.4, -0.2) is 17.1 Å². The number of anilines is 3. The quantitative estimate of drug-likeness (QED) is 0.357. The van der Waals surface area contributed by atoms with E-state index in [1.807, 2.05) is 19.1 Å². The molecule has 1 atom stereocenters. The number of halogens is 3. The summed E-state index contributed by atoms with van der Waals surface area (Å²) in [6.45, 7) is 1.82. The number of carbonyl (C=O) groups excluding carboxylic acids is 2. The fourth-order valence-electron chi connectivity index (χ4n) is 3.04. The van der Waals surface area contributed by atoms with Crippen LogP contribution in [0.15, 0.2) is 76.5 Å². The van der Waals surface area contributed by atoms with Gasteiger partial charge in [0.05, 0.1) is 16.5 Å². The van der Waals surface area contributed by atoms with Crippen molar-refractivity contribution < 1.29 is 22.8 Å². The first-order valence-corrected chi connectivity index (χ1v) is 11.5. The second-order valence-corrected chi connectivity index (χ2v) is 9.48. The predicted molar refractivity (Wildman–Crippen MR) is 126 cm³/mol. The lowest BCUT2D eigenvalue weighted by Gasteiger charge is -2.21. The zero-order valence-corrected chi connectivity index (χ0v) is 18.8. The van der Waals surface area contributed by atoms with Gasteiger partial charge in [-0.25, -0.2) is 0 Å². The smallest absolute Gasteiger partial charge is 0.326 e. The lowest BCUT2D eigenvalue weighted by Crippen LogP contribution is -2.26. The standard InChI is InChI=1S/C23H18F3N3O2S2/c1-13-21(30)28-19-11-14(5-10-20(19)32-13)22(31)27-17-3-2-4-18(12-17)33-29-16-8-6-15(7-9-16)23(24,25)26/h2-13,29H,1H3,(H,27,31)(H,28,30). The number of amides is 2. The summed E-state index contributed by atoms with van der Waals surface area (Å²) >= 11 is 2.65. The number of fused-ring (bicyclic) bond motifs is 1. The maximum atomic E-state index is 12.7. The lowest BCUT2D eigenvalue weighted by molar-refractivity contribution is -0.137. The summed E-state index contributed by atoms with van der Waals surface area (Å²) in [5.41, 5.74) is 1.39. The van der Waals surface area contributed by atoms with Gasteiger partial charge in [0, 0.05) is 26.7 Å². The first kappa shape index (κ1) is 23.1. The van der Waals surface area contributed by atoms with E-state index in [4.69, 9.17) is 0 Å². The maximum Gasteiger partial charge on any atom is 0.416 e. The number of benzene rings is 3. The Hall–Kier alpha value is -3.11. The number of hydrogen-bond acceptors (Lipinski definition) is 5. The van der Waals surface area contributed by atoms with Crippen molar-refractivity contribution in [1.82, 2.24) is 0 Å². The third kappa shape index (κ3) is 5.63. The molecule has 0 saturated carbocycles. The molecule has 0 aliphatic carbocycles. The number of nitrogens with one attached hydrogen (secondary N) is 3. The van der Waals surface area contributed by atoms with E-state index < -0.39 is 11.7 Å². The Morgan fingerprint density at radius 2 is 1.79 bits per heavy atom. The van der Waals surface area contributed by atoms with Crippen molar-refractivity contribution in [3.8, 4) is 0 Å². The topological polar surface area (TPSA) is 70.2 Å². The number of hydrogen-bond donors (Lipinski definition) is 3. The van der Waals surface area contributed by atoms with Crippen molar-refractivity contribution in [2.75, 3.05) is 15.4 Å². The average Bonchev–Trinajstić information content (AvgIpc) is 2.78. The SMILES string of the molecule is CC1Sc2ccc(C(=O)Nc3cccc(SNc4ccc(C(F)(F)F)cc4)c3)cc2NC1=O. The van der Waals surface area contributed by atoms with Crippen molar-refractivity contribution in [2.24, 2.45) is 0 Å². The van der Waals surface area contributed by atoms with Crippen LogP contribution in [0, 0.1) is 0 Å². The zero-order valence-electron chi connectivity index (χ0n) is 17.2. The molecule has 1 unspecified atom stereocenters. The second-order valence-electron chi connectivity index (χ2n) is 7.22. The molecule has 3 aromatic carbocycles. The fraction of sp³-hybridized carbons (Fsp3) is 0.130. The summed E-state index contributed by atoms with van der Waals surface area (Å²) in [5, 5.41) is 5.44. The van der Waals surface area contributed by atoms with Gasteiger partial charge in [-0.2, -0.15) is 13.2 Å². The first-order chi connectivity index (χ1) is 15.7. The van der Waals surface area contributed by atoms with Gasteiger partial charge in [-0.1, -0.05) is 6.07 Å². The molecule has 33 heavy (non-hydrogen) atoms. The maximum absolute atomic E-state index is 12.7. The van der Waals surface area contributed by atoms with Crippen LogP contribution < -0.4 is 15.4 Å². The molecule has 0 spiro atoms. The van der Waals surface area contributed by atoms with Crippen LogP contribution >= 0.6 is 23.7 Å². The molecule has 0 fully saturated rings. The number of thioether (sulfide) groups is 1. The molecular weight excluding hydrogens is 471 g/mol. The second kappa shape index (κ2) is 9.40. The molecule has 3 N–H and O–H groups in total. The van der Waals surface area contributed by atoms with Crippen LogP contribution in [0.25, 0.3) is 0 Å². The third-order valence-corrected chi connectivity index (χ3v) is 6.77. The Morgan fingerprint density at radius 3 is 2.52 bits per heavy atom. The van der Waals surface area contributed by atoms with Crippen LogP contribution in [0.2, 0.25) is 0 Å². The summed E-state index contributed by atoms with van der Waals surface area (Å²) in [4.78, 5) is 26.3. The average molecular weight is 490 g/mol. The van der Waals surface area contributed by atoms with Crippen LogP contribution in [0.4, 0.5) is 30.2 Å². The lowest BCUT2D eigenvalue weighted by atomic mass is 10.1. The van der Waals surface area contributed by atoms with Gasteiger partial charge in [0.1, 0.15) is 0 Å². The van der Waals surface area contributed by atoms with E-state index in [1.165, 1.54) is 35.8 Å². The number of carbonyl (C=O) groups is 2. The highest BCUT2D eigenvalue weighted by atomic mass is 32.2. The van der Waals surface area contributed by atoms with Crippen LogP contribution in [0.5, 0.6) is 0 Å². The first-order valence-electron chi connectivity index (χ1n) is 9.82. The highest BCUT2D eigenvalue weighted by molar-refractivity contribution is 8.01. The minimum absolute atomic E-state index is 0.102. The summed E-state index contributed by atoms with van der Waals surface area (Å²) < 4.78 is 41.0. The molecule has 5 nitrogen and oxygen atoms in total. The van der Waals surface area contributed by atoms with E-state index in [1.54, 1.807) is 30.3 Å². The highest BCUT2D eigenvalue weighted by Crippen LogP contribution is 2.36. The highest BCUT2D eigenvalue weighted by Gasteiger charge is 2.30. The van der Waals surface area contributed by atoms with Gasteiger partial charge in [0.15, 0.2) is 0 Å². The fourth-order valence-corrected chi connectivity index (χ4v) is 4.67. The monoisotopic (exact) mass is 489 g/mol. The molecule has 1 aliphatic rings. The molecule has 1 heterocycles. The minimum Gasteiger partial charge on any atom is -0.326 e. The van der Waals surface area contributed by atoms with Crippen molar-refractivity contribution >= 4 is 52.6 Å². The Labute approximate surface area is 196 Å². The summed E-state index contributed by atoms with van der Waals surface area (Å²) in [5.74, 6) is -0.427. The Morgan fingerprint density at radius 1 is 1.03 bits per heavy atom. The summed E-state index contributed by atoms with van der Waals surface area (Å²) in [7, 11) is 0. The van der Waals surface area contributed by atoms with Gasteiger partial charge in [0.25, 0.3) is 5.91 Å². The zero-order chi connectivity index (χ0) is 23.6. The van der Waals surface area contributed by atoms with Gasteiger partial charge in [-0.05, 0) is 79.5 Å². The molecule has 0 saturated heterocycles. The molecule has 1 aliphatic heterocycles. The van der Waals surface area contributed by atoms with E-state index in [9.17, 15) is 22.8 Å². The molecule has 4 rings (SSSR count). The third-order valence-electron chi connectivity index (χ3n) is 4.76. The summed E-state index contributed by atoms with van der Waals surface area (Å²) in [6, 6.07) is 17.0. The molecule has 3 aromatic rings. The summed E-state index contributed by atoms with van der Waals surface area (Å²) in [6.07, 6.45) is -4.38. The van der Waals surface area contributed by atoms with Gasteiger partial charge < -0.3 is 15.4 Å².